The summed E-state index contributed by atoms with van der Waals surface area (Å²) in [6.45, 7) is 4.36. The minimum atomic E-state index is -0.0861. The van der Waals surface area contributed by atoms with Gasteiger partial charge in [0.25, 0.3) is 0 Å². The Kier molecular flexibility index (Phi) is 6.23. The monoisotopic (exact) mass is 239 g/mol. The van der Waals surface area contributed by atoms with Crippen LogP contribution in [-0.4, -0.2) is 11.8 Å². The van der Waals surface area contributed by atoms with Crippen LogP contribution in [0.25, 0.3) is 0 Å². The summed E-state index contributed by atoms with van der Waals surface area (Å²) in [6.07, 6.45) is 8.54. The molecular formula is C14H25NO2. The fraction of sp³-hybridized carbons (Fsp3) is 0.857. The third-order valence-electron chi connectivity index (χ3n) is 3.68. The Morgan fingerprint density at radius 3 is 2.29 bits per heavy atom. The normalized spacial score (nSPS) is 21.6. The Labute approximate surface area is 104 Å². The van der Waals surface area contributed by atoms with Gasteiger partial charge in [0.05, 0.1) is 0 Å². The Hall–Kier alpha value is -0.860. The van der Waals surface area contributed by atoms with Crippen LogP contribution in [0.5, 0.6) is 0 Å². The summed E-state index contributed by atoms with van der Waals surface area (Å²) in [5, 5.41) is 2.44. The van der Waals surface area contributed by atoms with E-state index in [1.807, 2.05) is 0 Å². The molecule has 2 atom stereocenters. The molecule has 0 spiro atoms. The van der Waals surface area contributed by atoms with Crippen LogP contribution in [-0.2, 0) is 9.59 Å². The van der Waals surface area contributed by atoms with Crippen molar-refractivity contribution < 1.29 is 9.59 Å². The second kappa shape index (κ2) is 7.46. The van der Waals surface area contributed by atoms with Crippen molar-refractivity contribution in [3.05, 3.63) is 0 Å². The molecule has 2 amide bonds. The molecule has 17 heavy (non-hydrogen) atoms. The molecule has 0 bridgehead atoms. The van der Waals surface area contributed by atoms with Gasteiger partial charge in [-0.3, -0.25) is 14.9 Å². The summed E-state index contributed by atoms with van der Waals surface area (Å²) in [6, 6.07) is 0. The summed E-state index contributed by atoms with van der Waals surface area (Å²) in [5.41, 5.74) is 0. The first kappa shape index (κ1) is 14.2. The van der Waals surface area contributed by atoms with Gasteiger partial charge < -0.3 is 0 Å². The summed E-state index contributed by atoms with van der Waals surface area (Å²) < 4.78 is 0. The average molecular weight is 239 g/mol. The standard InChI is InChI=1S/C14H25NO2/c1-3-5-7-9-11(8-6-4-2)12-10-13(16)15-14(12)17/h11-12H,3-10H2,1-2H3,(H,15,16,17). The number of amides is 2. The topological polar surface area (TPSA) is 46.2 Å². The molecule has 0 aromatic rings. The van der Waals surface area contributed by atoms with Gasteiger partial charge in [0.15, 0.2) is 0 Å². The number of nitrogens with one attached hydrogen (secondary N) is 1. The molecule has 0 aromatic carbocycles. The fourth-order valence-corrected chi connectivity index (χ4v) is 2.62. The van der Waals surface area contributed by atoms with Crippen LogP contribution in [0, 0.1) is 11.8 Å². The lowest BCUT2D eigenvalue weighted by molar-refractivity contribution is -0.126. The van der Waals surface area contributed by atoms with Crippen molar-refractivity contribution in [3.63, 3.8) is 0 Å². The number of hydrogen-bond donors (Lipinski definition) is 1. The van der Waals surface area contributed by atoms with Gasteiger partial charge in [-0.2, -0.15) is 0 Å². The smallest absolute Gasteiger partial charge is 0.230 e. The van der Waals surface area contributed by atoms with Gasteiger partial charge in [-0.1, -0.05) is 46.0 Å². The van der Waals surface area contributed by atoms with E-state index >= 15 is 0 Å². The molecule has 1 N–H and O–H groups in total. The van der Waals surface area contributed by atoms with Crippen molar-refractivity contribution in [1.29, 1.82) is 0 Å². The fourth-order valence-electron chi connectivity index (χ4n) is 2.62. The molecule has 1 aliphatic rings. The summed E-state index contributed by atoms with van der Waals surface area (Å²) in [7, 11) is 0. The SMILES string of the molecule is CCCCCC(CCCC)C1CC(=O)NC1=O. The summed E-state index contributed by atoms with van der Waals surface area (Å²) in [4.78, 5) is 22.9. The zero-order chi connectivity index (χ0) is 12.7. The van der Waals surface area contributed by atoms with Crippen LogP contribution in [0.15, 0.2) is 0 Å². The van der Waals surface area contributed by atoms with Crippen LogP contribution in [0.4, 0.5) is 0 Å². The zero-order valence-electron chi connectivity index (χ0n) is 11.1. The lowest BCUT2D eigenvalue weighted by atomic mass is 9.83. The van der Waals surface area contributed by atoms with Crippen molar-refractivity contribution in [2.75, 3.05) is 0 Å². The van der Waals surface area contributed by atoms with Gasteiger partial charge in [-0.05, 0) is 18.8 Å². The van der Waals surface area contributed by atoms with Gasteiger partial charge in [0, 0.05) is 12.3 Å². The van der Waals surface area contributed by atoms with Crippen molar-refractivity contribution in [2.24, 2.45) is 11.8 Å². The van der Waals surface area contributed by atoms with Crippen molar-refractivity contribution in [3.8, 4) is 0 Å². The van der Waals surface area contributed by atoms with E-state index in [9.17, 15) is 9.59 Å². The predicted molar refractivity (Wildman–Crippen MR) is 68.4 cm³/mol. The molecule has 2 unspecified atom stereocenters. The average Bonchev–Trinajstić information content (AvgIpc) is 2.63. The van der Waals surface area contributed by atoms with Crippen molar-refractivity contribution in [2.45, 2.75) is 65.2 Å². The molecule has 0 radical (unpaired) electrons. The van der Waals surface area contributed by atoms with Crippen molar-refractivity contribution in [1.82, 2.24) is 5.32 Å². The molecule has 1 rings (SSSR count). The minimum absolute atomic E-state index is 0.0346. The molecule has 0 aliphatic carbocycles. The molecule has 3 heteroatoms. The molecular weight excluding hydrogens is 214 g/mol. The Morgan fingerprint density at radius 1 is 1.12 bits per heavy atom. The van der Waals surface area contributed by atoms with E-state index in [4.69, 9.17) is 0 Å². The first-order valence-corrected chi connectivity index (χ1v) is 7.02. The van der Waals surface area contributed by atoms with Crippen LogP contribution in [0.1, 0.15) is 65.2 Å². The third-order valence-corrected chi connectivity index (χ3v) is 3.68. The van der Waals surface area contributed by atoms with E-state index in [0.29, 0.717) is 12.3 Å². The van der Waals surface area contributed by atoms with E-state index in [1.54, 1.807) is 0 Å². The second-order valence-electron chi connectivity index (χ2n) is 5.12. The Balaban J connectivity index is 2.49. The molecule has 1 aliphatic heterocycles. The predicted octanol–water partition coefficient (Wildman–Crippen LogP) is 3.04. The highest BCUT2D eigenvalue weighted by Crippen LogP contribution is 2.30. The Morgan fingerprint density at radius 2 is 1.76 bits per heavy atom. The molecule has 1 fully saturated rings. The van der Waals surface area contributed by atoms with Crippen LogP contribution in [0.3, 0.4) is 0 Å². The summed E-state index contributed by atoms with van der Waals surface area (Å²) in [5.74, 6) is 0.239. The van der Waals surface area contributed by atoms with Crippen LogP contribution in [0.2, 0.25) is 0 Å². The lowest BCUT2D eigenvalue weighted by Gasteiger charge is -2.20. The maximum atomic E-state index is 11.7. The maximum absolute atomic E-state index is 11.7. The van der Waals surface area contributed by atoms with E-state index in [-0.39, 0.29) is 17.7 Å². The van der Waals surface area contributed by atoms with Gasteiger partial charge >= 0.3 is 0 Å². The van der Waals surface area contributed by atoms with Crippen LogP contribution >= 0.6 is 0 Å². The van der Waals surface area contributed by atoms with Gasteiger partial charge in [-0.15, -0.1) is 0 Å². The summed E-state index contributed by atoms with van der Waals surface area (Å²) >= 11 is 0. The number of hydrogen-bond acceptors (Lipinski definition) is 2. The number of unbranched alkanes of at least 4 members (excludes halogenated alkanes) is 3. The quantitative estimate of drug-likeness (QED) is 0.522. The van der Waals surface area contributed by atoms with Gasteiger partial charge in [0.2, 0.25) is 11.8 Å². The molecule has 0 saturated carbocycles. The van der Waals surface area contributed by atoms with Gasteiger partial charge in [0.1, 0.15) is 0 Å². The van der Waals surface area contributed by atoms with E-state index in [0.717, 1.165) is 25.7 Å². The number of carbonyl (C=O) groups excluding carboxylic acids is 2. The lowest BCUT2D eigenvalue weighted by Crippen LogP contribution is -2.26. The Bertz CT molecular complexity index is 263. The number of carbonyl (C=O) groups is 2. The zero-order valence-corrected chi connectivity index (χ0v) is 11.1. The molecule has 0 aromatic heterocycles. The van der Waals surface area contributed by atoms with E-state index in [1.165, 1.54) is 19.3 Å². The van der Waals surface area contributed by atoms with E-state index < -0.39 is 0 Å². The van der Waals surface area contributed by atoms with Crippen LogP contribution < -0.4 is 5.32 Å². The third kappa shape index (κ3) is 4.49. The van der Waals surface area contributed by atoms with E-state index in [2.05, 4.69) is 19.2 Å². The van der Waals surface area contributed by atoms with Crippen molar-refractivity contribution >= 4 is 11.8 Å². The first-order valence-electron chi connectivity index (χ1n) is 7.02. The highest BCUT2D eigenvalue weighted by Gasteiger charge is 2.35. The first-order chi connectivity index (χ1) is 8.19. The van der Waals surface area contributed by atoms with Gasteiger partial charge in [-0.25, -0.2) is 0 Å². The molecule has 1 heterocycles. The largest absolute Gasteiger partial charge is 0.296 e. The highest BCUT2D eigenvalue weighted by molar-refractivity contribution is 6.03. The minimum Gasteiger partial charge on any atom is -0.296 e. The number of rotatable bonds is 8. The molecule has 1 saturated heterocycles. The second-order valence-corrected chi connectivity index (χ2v) is 5.12. The highest BCUT2D eigenvalue weighted by atomic mass is 16.2. The maximum Gasteiger partial charge on any atom is 0.230 e. The number of imide groups is 1. The molecule has 3 nitrogen and oxygen atoms in total. The molecule has 98 valence electrons.